The van der Waals surface area contributed by atoms with Gasteiger partial charge in [0.1, 0.15) is 10.8 Å². The van der Waals surface area contributed by atoms with Crippen molar-refractivity contribution in [3.05, 3.63) is 22.4 Å². The lowest BCUT2D eigenvalue weighted by molar-refractivity contribution is 0.0343. The molecule has 0 bridgehead atoms. The van der Waals surface area contributed by atoms with E-state index >= 15 is 0 Å². The molecule has 1 aliphatic heterocycles. The quantitative estimate of drug-likeness (QED) is 0.467. The third-order valence-corrected chi connectivity index (χ3v) is 3.68. The van der Waals surface area contributed by atoms with Gasteiger partial charge in [-0.2, -0.15) is 0 Å². The van der Waals surface area contributed by atoms with E-state index in [9.17, 15) is 0 Å². The van der Waals surface area contributed by atoms with Crippen LogP contribution in [0, 0.1) is 16.2 Å². The highest BCUT2D eigenvalue weighted by molar-refractivity contribution is 9.10. The average Bonchev–Trinajstić information content (AvgIpc) is 2.49. The van der Waals surface area contributed by atoms with E-state index in [1.165, 1.54) is 0 Å². The Hall–Kier alpha value is -1.60. The Balaban J connectivity index is 2.22. The summed E-state index contributed by atoms with van der Waals surface area (Å²) < 4.78 is 6.26. The van der Waals surface area contributed by atoms with Crippen molar-refractivity contribution in [3.63, 3.8) is 0 Å². The first-order valence-corrected chi connectivity index (χ1v) is 7.60. The van der Waals surface area contributed by atoms with E-state index in [4.69, 9.17) is 21.0 Å². The van der Waals surface area contributed by atoms with E-state index in [-0.39, 0.29) is 24.1 Å². The first-order valence-electron chi connectivity index (χ1n) is 6.81. The topological polar surface area (TPSA) is 106 Å². The number of aromatic nitrogens is 1. The molecule has 1 aromatic rings. The summed E-state index contributed by atoms with van der Waals surface area (Å²) in [5.41, 5.74) is 1.48. The Kier molecular flexibility index (Phi) is 5.58. The highest BCUT2D eigenvalue weighted by atomic mass is 79.9. The number of pyridine rings is 1. The summed E-state index contributed by atoms with van der Waals surface area (Å²) in [7, 11) is 0. The smallest absolute Gasteiger partial charge is 0.127 e. The first kappa shape index (κ1) is 15.8. The van der Waals surface area contributed by atoms with Crippen LogP contribution in [-0.2, 0) is 4.74 Å². The highest BCUT2D eigenvalue weighted by Crippen LogP contribution is 2.23. The van der Waals surface area contributed by atoms with Crippen molar-refractivity contribution < 1.29 is 4.74 Å². The molecule has 0 saturated carbocycles. The van der Waals surface area contributed by atoms with Crippen molar-refractivity contribution >= 4 is 39.3 Å². The molecule has 0 radical (unpaired) electrons. The molecule has 21 heavy (non-hydrogen) atoms. The number of halogens is 1. The monoisotopic (exact) mass is 351 g/mol. The SMILES string of the molecule is N=CCC(=N)C(=N)c1cc(Br)ncc1NC1CCCCO1. The predicted molar refractivity (Wildman–Crippen MR) is 87.1 cm³/mol. The van der Waals surface area contributed by atoms with Crippen molar-refractivity contribution in [2.24, 2.45) is 0 Å². The lowest BCUT2D eigenvalue weighted by atomic mass is 10.0. The molecule has 7 heteroatoms. The molecule has 0 amide bonds. The maximum absolute atomic E-state index is 8.14. The number of rotatable bonds is 6. The van der Waals surface area contributed by atoms with Gasteiger partial charge in [0.15, 0.2) is 0 Å². The second-order valence-electron chi connectivity index (χ2n) is 4.81. The summed E-state index contributed by atoms with van der Waals surface area (Å²) in [4.78, 5) is 4.18. The van der Waals surface area contributed by atoms with Crippen LogP contribution in [0.1, 0.15) is 31.2 Å². The van der Waals surface area contributed by atoms with Crippen molar-refractivity contribution in [1.82, 2.24) is 4.98 Å². The molecule has 0 spiro atoms. The van der Waals surface area contributed by atoms with Crippen LogP contribution in [0.5, 0.6) is 0 Å². The molecule has 2 rings (SSSR count). The molecule has 0 aliphatic carbocycles. The fourth-order valence-electron chi connectivity index (χ4n) is 2.15. The molecule has 1 atom stereocenters. The van der Waals surface area contributed by atoms with Gasteiger partial charge in [-0.15, -0.1) is 0 Å². The van der Waals surface area contributed by atoms with Crippen molar-refractivity contribution in [3.8, 4) is 0 Å². The van der Waals surface area contributed by atoms with E-state index in [0.717, 1.165) is 32.1 Å². The minimum absolute atomic E-state index is 0.0785. The summed E-state index contributed by atoms with van der Waals surface area (Å²) in [5.74, 6) is 0. The molecule has 1 aromatic heterocycles. The van der Waals surface area contributed by atoms with Crippen molar-refractivity contribution in [1.29, 1.82) is 16.2 Å². The van der Waals surface area contributed by atoms with Gasteiger partial charge in [0, 0.05) is 24.8 Å². The van der Waals surface area contributed by atoms with Gasteiger partial charge < -0.3 is 20.9 Å². The van der Waals surface area contributed by atoms with E-state index in [1.54, 1.807) is 12.3 Å². The molecular formula is C14H18BrN5O. The summed E-state index contributed by atoms with van der Waals surface area (Å²) in [5, 5.41) is 26.3. The minimum Gasteiger partial charge on any atom is -0.359 e. The second-order valence-corrected chi connectivity index (χ2v) is 5.63. The zero-order valence-corrected chi connectivity index (χ0v) is 13.2. The van der Waals surface area contributed by atoms with E-state index in [2.05, 4.69) is 26.2 Å². The zero-order chi connectivity index (χ0) is 15.2. The van der Waals surface area contributed by atoms with E-state index in [1.807, 2.05) is 0 Å². The van der Waals surface area contributed by atoms with Crippen LogP contribution in [0.3, 0.4) is 0 Å². The van der Waals surface area contributed by atoms with Crippen LogP contribution >= 0.6 is 15.9 Å². The Morgan fingerprint density at radius 3 is 2.95 bits per heavy atom. The predicted octanol–water partition coefficient (Wildman–Crippen LogP) is 3.21. The zero-order valence-electron chi connectivity index (χ0n) is 11.6. The van der Waals surface area contributed by atoms with Crippen molar-refractivity contribution in [2.45, 2.75) is 31.9 Å². The number of anilines is 1. The standard InChI is InChI=1S/C14H18BrN5O/c15-12-7-9(14(18)10(17)4-5-16)11(8-19-12)20-13-3-1-2-6-21-13/h5,7-8,13,16-18,20H,1-4,6H2. The lowest BCUT2D eigenvalue weighted by Gasteiger charge is -2.25. The molecule has 4 N–H and O–H groups in total. The summed E-state index contributed by atoms with van der Waals surface area (Å²) >= 11 is 3.30. The van der Waals surface area contributed by atoms with Crippen LogP contribution in [0.25, 0.3) is 0 Å². The number of hydrogen-bond donors (Lipinski definition) is 4. The van der Waals surface area contributed by atoms with Gasteiger partial charge in [0.25, 0.3) is 0 Å². The fourth-order valence-corrected chi connectivity index (χ4v) is 2.48. The minimum atomic E-state index is -0.0785. The second kappa shape index (κ2) is 7.42. The summed E-state index contributed by atoms with van der Waals surface area (Å²) in [6.07, 6.45) is 5.94. The molecule has 6 nitrogen and oxygen atoms in total. The van der Waals surface area contributed by atoms with Gasteiger partial charge >= 0.3 is 0 Å². The normalized spacial score (nSPS) is 18.0. The molecule has 2 heterocycles. The van der Waals surface area contributed by atoms with Crippen LogP contribution in [0.15, 0.2) is 16.9 Å². The molecule has 112 valence electrons. The van der Waals surface area contributed by atoms with Crippen LogP contribution in [-0.4, -0.2) is 35.5 Å². The summed E-state index contributed by atoms with van der Waals surface area (Å²) in [6, 6.07) is 1.71. The number of nitrogens with zero attached hydrogens (tertiary/aromatic N) is 1. The maximum Gasteiger partial charge on any atom is 0.127 e. The molecule has 0 aromatic carbocycles. The van der Waals surface area contributed by atoms with Crippen molar-refractivity contribution in [2.75, 3.05) is 11.9 Å². The highest BCUT2D eigenvalue weighted by Gasteiger charge is 2.18. The maximum atomic E-state index is 8.14. The number of ether oxygens (including phenoxy) is 1. The fraction of sp³-hybridized carbons (Fsp3) is 0.429. The van der Waals surface area contributed by atoms with Gasteiger partial charge in [0.2, 0.25) is 0 Å². The van der Waals surface area contributed by atoms with Gasteiger partial charge in [-0.25, -0.2) is 4.98 Å². The van der Waals surface area contributed by atoms with Gasteiger partial charge in [0.05, 0.1) is 23.3 Å². The largest absolute Gasteiger partial charge is 0.359 e. The Morgan fingerprint density at radius 2 is 2.29 bits per heavy atom. The third kappa shape index (κ3) is 4.18. The van der Waals surface area contributed by atoms with Crippen LogP contribution in [0.2, 0.25) is 0 Å². The average molecular weight is 352 g/mol. The molecule has 1 saturated heterocycles. The Bertz CT molecular complexity index is 554. The summed E-state index contributed by atoms with van der Waals surface area (Å²) in [6.45, 7) is 0.734. The molecule has 1 fully saturated rings. The van der Waals surface area contributed by atoms with E-state index in [0.29, 0.717) is 15.9 Å². The molecule has 1 aliphatic rings. The van der Waals surface area contributed by atoms with Gasteiger partial charge in [-0.05, 0) is 41.3 Å². The number of nitrogens with one attached hydrogen (secondary N) is 4. The molecular weight excluding hydrogens is 334 g/mol. The van der Waals surface area contributed by atoms with Gasteiger partial charge in [-0.1, -0.05) is 0 Å². The first-order chi connectivity index (χ1) is 10.1. The van der Waals surface area contributed by atoms with E-state index < -0.39 is 0 Å². The van der Waals surface area contributed by atoms with Gasteiger partial charge in [-0.3, -0.25) is 5.41 Å². The lowest BCUT2D eigenvalue weighted by Crippen LogP contribution is -2.28. The number of hydrogen-bond acceptors (Lipinski definition) is 6. The van der Waals surface area contributed by atoms with Crippen LogP contribution in [0.4, 0.5) is 5.69 Å². The Morgan fingerprint density at radius 1 is 1.48 bits per heavy atom. The molecule has 1 unspecified atom stereocenters. The third-order valence-electron chi connectivity index (χ3n) is 3.24. The Labute approximate surface area is 132 Å². The van der Waals surface area contributed by atoms with Crippen LogP contribution < -0.4 is 5.32 Å².